The highest BCUT2D eigenvalue weighted by Crippen LogP contribution is 2.28. The molecule has 0 N–H and O–H groups in total. The van der Waals surface area contributed by atoms with Gasteiger partial charge in [-0.25, -0.2) is 0 Å². The quantitative estimate of drug-likeness (QED) is 0.559. The molecule has 1 aromatic rings. The third-order valence-corrected chi connectivity index (χ3v) is 1.38. The topological polar surface area (TPSA) is 0 Å². The second-order valence-electron chi connectivity index (χ2n) is 3.07. The Kier molecular flexibility index (Phi) is 10.1. The SMILES string of the molecule is CC.CCC.Cc1ccc(C(F)(F)F)cc1. The van der Waals surface area contributed by atoms with Gasteiger partial charge >= 0.3 is 6.18 Å². The van der Waals surface area contributed by atoms with Gasteiger partial charge in [0.05, 0.1) is 5.56 Å². The molecule has 0 aliphatic carbocycles. The van der Waals surface area contributed by atoms with Crippen LogP contribution in [0.5, 0.6) is 0 Å². The fourth-order valence-corrected chi connectivity index (χ4v) is 0.743. The fourth-order valence-electron chi connectivity index (χ4n) is 0.743. The highest BCUT2D eigenvalue weighted by molar-refractivity contribution is 5.23. The summed E-state index contributed by atoms with van der Waals surface area (Å²) in [5, 5.41) is 0. The molecule has 94 valence electrons. The van der Waals surface area contributed by atoms with E-state index in [4.69, 9.17) is 0 Å². The molecule has 0 heterocycles. The Morgan fingerprint density at radius 2 is 1.25 bits per heavy atom. The smallest absolute Gasteiger partial charge is 0.166 e. The minimum Gasteiger partial charge on any atom is -0.166 e. The molecule has 0 radical (unpaired) electrons. The van der Waals surface area contributed by atoms with E-state index in [1.165, 1.54) is 18.6 Å². The number of alkyl halides is 3. The molecule has 0 aliphatic rings. The molecule has 3 heteroatoms. The highest BCUT2D eigenvalue weighted by atomic mass is 19.4. The van der Waals surface area contributed by atoms with Gasteiger partial charge in [-0.2, -0.15) is 13.2 Å². The molecule has 1 rings (SSSR count). The first-order valence-corrected chi connectivity index (χ1v) is 5.55. The molecule has 0 fully saturated rings. The molecule has 0 unspecified atom stereocenters. The Labute approximate surface area is 96.5 Å². The zero-order valence-corrected chi connectivity index (χ0v) is 10.7. The lowest BCUT2D eigenvalue weighted by Gasteiger charge is -2.05. The maximum Gasteiger partial charge on any atom is 0.416 e. The minimum atomic E-state index is -4.21. The van der Waals surface area contributed by atoms with E-state index >= 15 is 0 Å². The summed E-state index contributed by atoms with van der Waals surface area (Å²) in [4.78, 5) is 0. The van der Waals surface area contributed by atoms with E-state index in [2.05, 4.69) is 13.8 Å². The van der Waals surface area contributed by atoms with Gasteiger partial charge in [0, 0.05) is 0 Å². The van der Waals surface area contributed by atoms with Crippen LogP contribution in [0.15, 0.2) is 24.3 Å². The van der Waals surface area contributed by atoms with E-state index in [9.17, 15) is 13.2 Å². The lowest BCUT2D eigenvalue weighted by atomic mass is 10.1. The maximum atomic E-state index is 11.9. The molecule has 0 atom stereocenters. The number of hydrogen-bond donors (Lipinski definition) is 0. The van der Waals surface area contributed by atoms with Gasteiger partial charge in [0.25, 0.3) is 0 Å². The highest BCUT2D eigenvalue weighted by Gasteiger charge is 2.29. The molecule has 1 aromatic carbocycles. The van der Waals surface area contributed by atoms with Crippen molar-refractivity contribution < 1.29 is 13.2 Å². The van der Waals surface area contributed by atoms with Crippen LogP contribution in [0.25, 0.3) is 0 Å². The largest absolute Gasteiger partial charge is 0.416 e. The monoisotopic (exact) mass is 234 g/mol. The summed E-state index contributed by atoms with van der Waals surface area (Å²) in [6.45, 7) is 10.0. The minimum absolute atomic E-state index is 0.594. The molecular formula is C13H21F3. The third kappa shape index (κ3) is 8.33. The summed E-state index contributed by atoms with van der Waals surface area (Å²) in [6.07, 6.45) is -2.96. The lowest BCUT2D eigenvalue weighted by molar-refractivity contribution is -0.137. The van der Waals surface area contributed by atoms with E-state index in [0.717, 1.165) is 17.7 Å². The van der Waals surface area contributed by atoms with E-state index < -0.39 is 11.7 Å². The first-order chi connectivity index (χ1) is 7.41. The van der Waals surface area contributed by atoms with Gasteiger partial charge in [0.1, 0.15) is 0 Å². The van der Waals surface area contributed by atoms with Crippen LogP contribution in [0.4, 0.5) is 13.2 Å². The summed E-state index contributed by atoms with van der Waals surface area (Å²) in [5.41, 5.74) is 0.237. The standard InChI is InChI=1S/C8H7F3.C3H8.C2H6/c1-6-2-4-7(5-3-6)8(9,10)11;1-3-2;1-2/h2-5H,1H3;3H2,1-2H3;1-2H3. The summed E-state index contributed by atoms with van der Waals surface area (Å²) >= 11 is 0. The van der Waals surface area contributed by atoms with Crippen molar-refractivity contribution in [3.8, 4) is 0 Å². The van der Waals surface area contributed by atoms with Crippen molar-refractivity contribution in [2.24, 2.45) is 0 Å². The molecule has 0 nitrogen and oxygen atoms in total. The summed E-state index contributed by atoms with van der Waals surface area (Å²) in [7, 11) is 0. The van der Waals surface area contributed by atoms with Crippen LogP contribution < -0.4 is 0 Å². The van der Waals surface area contributed by atoms with Gasteiger partial charge in [0.15, 0.2) is 0 Å². The molecule has 0 bridgehead atoms. The molecule has 0 spiro atoms. The second kappa shape index (κ2) is 9.25. The number of halogens is 3. The van der Waals surface area contributed by atoms with Crippen molar-refractivity contribution in [2.75, 3.05) is 0 Å². The van der Waals surface area contributed by atoms with E-state index in [1.807, 2.05) is 13.8 Å². The van der Waals surface area contributed by atoms with Crippen molar-refractivity contribution in [2.45, 2.75) is 47.2 Å². The Bertz CT molecular complexity index is 247. The maximum absolute atomic E-state index is 11.9. The van der Waals surface area contributed by atoms with Crippen molar-refractivity contribution in [1.82, 2.24) is 0 Å². The number of rotatable bonds is 0. The zero-order valence-electron chi connectivity index (χ0n) is 10.7. The zero-order chi connectivity index (χ0) is 13.2. The Balaban J connectivity index is 0. The van der Waals surface area contributed by atoms with Crippen LogP contribution >= 0.6 is 0 Å². The predicted octanol–water partition coefficient (Wildman–Crippen LogP) is 5.46. The van der Waals surface area contributed by atoms with Crippen LogP contribution in [0.3, 0.4) is 0 Å². The lowest BCUT2D eigenvalue weighted by Crippen LogP contribution is -2.03. The van der Waals surface area contributed by atoms with Crippen LogP contribution in [-0.2, 0) is 6.18 Å². The summed E-state index contributed by atoms with van der Waals surface area (Å²) in [5.74, 6) is 0. The van der Waals surface area contributed by atoms with Gasteiger partial charge in [0.2, 0.25) is 0 Å². The van der Waals surface area contributed by atoms with Crippen LogP contribution in [0.2, 0.25) is 0 Å². The van der Waals surface area contributed by atoms with E-state index in [0.29, 0.717) is 0 Å². The van der Waals surface area contributed by atoms with Crippen LogP contribution in [0, 0.1) is 6.92 Å². The van der Waals surface area contributed by atoms with Gasteiger partial charge in [-0.15, -0.1) is 0 Å². The van der Waals surface area contributed by atoms with Gasteiger partial charge in [-0.3, -0.25) is 0 Å². The van der Waals surface area contributed by atoms with Crippen molar-refractivity contribution >= 4 is 0 Å². The van der Waals surface area contributed by atoms with Gasteiger partial charge in [-0.05, 0) is 19.1 Å². The summed E-state index contributed by atoms with van der Waals surface area (Å²) < 4.78 is 35.8. The van der Waals surface area contributed by atoms with Crippen LogP contribution in [-0.4, -0.2) is 0 Å². The fraction of sp³-hybridized carbons (Fsp3) is 0.538. The van der Waals surface area contributed by atoms with Crippen LogP contribution in [0.1, 0.15) is 45.2 Å². The third-order valence-electron chi connectivity index (χ3n) is 1.38. The van der Waals surface area contributed by atoms with Crippen molar-refractivity contribution in [1.29, 1.82) is 0 Å². The molecule has 0 amide bonds. The van der Waals surface area contributed by atoms with Gasteiger partial charge < -0.3 is 0 Å². The Morgan fingerprint density at radius 1 is 0.938 bits per heavy atom. The molecule has 16 heavy (non-hydrogen) atoms. The van der Waals surface area contributed by atoms with E-state index in [1.54, 1.807) is 6.92 Å². The predicted molar refractivity (Wildman–Crippen MR) is 63.5 cm³/mol. The second-order valence-corrected chi connectivity index (χ2v) is 3.07. The average molecular weight is 234 g/mol. The Hall–Kier alpha value is -0.990. The molecule has 0 aromatic heterocycles. The number of benzene rings is 1. The number of hydrogen-bond acceptors (Lipinski definition) is 0. The first kappa shape index (κ1) is 17.4. The molecule has 0 aliphatic heterocycles. The van der Waals surface area contributed by atoms with Crippen molar-refractivity contribution in [3.05, 3.63) is 35.4 Å². The Morgan fingerprint density at radius 3 is 1.50 bits per heavy atom. The normalized spacial score (nSPS) is 9.50. The molecule has 0 saturated heterocycles. The first-order valence-electron chi connectivity index (χ1n) is 5.55. The van der Waals surface area contributed by atoms with Crippen molar-refractivity contribution in [3.63, 3.8) is 0 Å². The number of aryl methyl sites for hydroxylation is 1. The summed E-state index contributed by atoms with van der Waals surface area (Å²) in [6, 6.07) is 5.05. The molecular weight excluding hydrogens is 213 g/mol. The molecule has 0 saturated carbocycles. The van der Waals surface area contributed by atoms with Gasteiger partial charge in [-0.1, -0.05) is 51.8 Å². The average Bonchev–Trinajstić information content (AvgIpc) is 2.21. The van der Waals surface area contributed by atoms with E-state index in [-0.39, 0.29) is 0 Å².